The van der Waals surface area contributed by atoms with Crippen LogP contribution < -0.4 is 5.73 Å². The number of allylic oxidation sites excluding steroid dienone is 1. The monoisotopic (exact) mass is 240 g/mol. The van der Waals surface area contributed by atoms with E-state index in [2.05, 4.69) is 0 Å². The molecule has 0 rings (SSSR count). The van der Waals surface area contributed by atoms with Crippen molar-refractivity contribution in [3.63, 3.8) is 0 Å². The van der Waals surface area contributed by atoms with Crippen molar-refractivity contribution in [2.75, 3.05) is 5.75 Å². The lowest BCUT2D eigenvalue weighted by Crippen LogP contribution is -2.04. The highest BCUT2D eigenvalue weighted by Crippen LogP contribution is 2.11. The van der Waals surface area contributed by atoms with Crippen molar-refractivity contribution in [3.8, 4) is 0 Å². The van der Waals surface area contributed by atoms with Crippen LogP contribution in [-0.2, 0) is 0 Å². The zero-order chi connectivity index (χ0) is 10.1. The molecule has 0 aromatic heterocycles. The van der Waals surface area contributed by atoms with E-state index in [1.807, 2.05) is 0 Å². The van der Waals surface area contributed by atoms with Crippen LogP contribution in [0.15, 0.2) is 10.6 Å². The summed E-state index contributed by atoms with van der Waals surface area (Å²) in [7, 11) is 0. The molecule has 3 N–H and O–H groups in total. The predicted octanol–water partition coefficient (Wildman–Crippen LogP) is 3.49. The molecule has 0 saturated carbocycles. The molecule has 0 aliphatic carbocycles. The lowest BCUT2D eigenvalue weighted by molar-refractivity contribution is 0.735. The molecule has 0 heterocycles. The highest BCUT2D eigenvalue weighted by atomic mass is 35.5. The Labute approximate surface area is 93.4 Å². The third-order valence-corrected chi connectivity index (χ3v) is 2.52. The maximum absolute atomic E-state index is 6.96. The number of hydrogen-bond donors (Lipinski definition) is 2. The minimum absolute atomic E-state index is 0.198. The van der Waals surface area contributed by atoms with Crippen LogP contribution in [0.25, 0.3) is 0 Å². The number of nitrogens with two attached hydrogens (primary N) is 1. The Balaban J connectivity index is 3.09. The molecule has 0 fully saturated rings. The van der Waals surface area contributed by atoms with Crippen LogP contribution in [0.4, 0.5) is 0 Å². The third kappa shape index (κ3) is 12.1. The van der Waals surface area contributed by atoms with Crippen LogP contribution in [0.2, 0.25) is 0 Å². The van der Waals surface area contributed by atoms with Gasteiger partial charge in [0.15, 0.2) is 5.17 Å². The highest BCUT2D eigenvalue weighted by molar-refractivity contribution is 8.13. The molecule has 5 heteroatoms. The molecule has 0 bridgehead atoms. The fourth-order valence-corrected chi connectivity index (χ4v) is 1.60. The lowest BCUT2D eigenvalue weighted by Gasteiger charge is -1.98. The molecule has 0 atom stereocenters. The predicted molar refractivity (Wildman–Crippen MR) is 62.6 cm³/mol. The van der Waals surface area contributed by atoms with Crippen molar-refractivity contribution in [3.05, 3.63) is 10.6 Å². The van der Waals surface area contributed by atoms with Gasteiger partial charge in [-0.2, -0.15) is 0 Å². The first-order valence-corrected chi connectivity index (χ1v) is 5.85. The van der Waals surface area contributed by atoms with E-state index in [1.54, 1.807) is 6.08 Å². The summed E-state index contributed by atoms with van der Waals surface area (Å²) in [6.45, 7) is 0. The minimum Gasteiger partial charge on any atom is -0.379 e. The molecule has 0 aromatic rings. The molecule has 13 heavy (non-hydrogen) atoms. The van der Waals surface area contributed by atoms with E-state index in [9.17, 15) is 0 Å². The molecule has 0 saturated heterocycles. The minimum atomic E-state index is 0.198. The number of hydrogen-bond acceptors (Lipinski definition) is 2. The van der Waals surface area contributed by atoms with Crippen LogP contribution in [0.1, 0.15) is 25.7 Å². The van der Waals surface area contributed by atoms with Gasteiger partial charge in [0.05, 0.1) is 0 Å². The fraction of sp³-hybridized carbons (Fsp3) is 0.625. The van der Waals surface area contributed by atoms with Gasteiger partial charge in [-0.1, -0.05) is 47.5 Å². The van der Waals surface area contributed by atoms with E-state index >= 15 is 0 Å². The van der Waals surface area contributed by atoms with Crippen LogP contribution in [0, 0.1) is 5.41 Å². The van der Waals surface area contributed by atoms with E-state index in [4.69, 9.17) is 34.3 Å². The maximum atomic E-state index is 6.96. The van der Waals surface area contributed by atoms with Gasteiger partial charge in [-0.3, -0.25) is 5.41 Å². The van der Waals surface area contributed by atoms with Crippen molar-refractivity contribution in [1.29, 1.82) is 5.41 Å². The first kappa shape index (κ1) is 13.1. The number of unbranched alkanes of at least 4 members (excludes halogenated alkanes) is 3. The van der Waals surface area contributed by atoms with Crippen LogP contribution in [0.3, 0.4) is 0 Å². The third-order valence-electron chi connectivity index (χ3n) is 1.40. The SMILES string of the molecule is N=C(N)SCCCCCC=C(Cl)Cl. The van der Waals surface area contributed by atoms with Crippen molar-refractivity contribution >= 4 is 40.1 Å². The quantitative estimate of drug-likeness (QED) is 0.425. The average molecular weight is 241 g/mol. The maximum Gasteiger partial charge on any atom is 0.151 e. The van der Waals surface area contributed by atoms with Crippen molar-refractivity contribution in [2.24, 2.45) is 5.73 Å². The van der Waals surface area contributed by atoms with Gasteiger partial charge in [-0.25, -0.2) is 0 Å². The molecule has 0 spiro atoms. The average Bonchev–Trinajstić information content (AvgIpc) is 2.01. The Bertz CT molecular complexity index is 179. The smallest absolute Gasteiger partial charge is 0.151 e. The Morgan fingerprint density at radius 2 is 2.00 bits per heavy atom. The van der Waals surface area contributed by atoms with Gasteiger partial charge in [0, 0.05) is 5.75 Å². The lowest BCUT2D eigenvalue weighted by atomic mass is 10.2. The standard InChI is InChI=1S/C8H14Cl2N2S/c9-7(10)5-3-1-2-4-6-13-8(11)12/h5H,1-4,6H2,(H3,11,12). The highest BCUT2D eigenvalue weighted by Gasteiger charge is 1.92. The summed E-state index contributed by atoms with van der Waals surface area (Å²) in [5.74, 6) is 0.924. The van der Waals surface area contributed by atoms with Gasteiger partial charge in [0.1, 0.15) is 4.49 Å². The van der Waals surface area contributed by atoms with Gasteiger partial charge in [0.2, 0.25) is 0 Å². The van der Waals surface area contributed by atoms with Crippen LogP contribution >= 0.6 is 35.0 Å². The van der Waals surface area contributed by atoms with Crippen molar-refractivity contribution in [2.45, 2.75) is 25.7 Å². The summed E-state index contributed by atoms with van der Waals surface area (Å²) in [6.07, 6.45) is 6.02. The van der Waals surface area contributed by atoms with Gasteiger partial charge in [0.25, 0.3) is 0 Å². The fourth-order valence-electron chi connectivity index (χ4n) is 0.816. The molecule has 76 valence electrons. The molecular formula is C8H14Cl2N2S. The topological polar surface area (TPSA) is 49.9 Å². The zero-order valence-electron chi connectivity index (χ0n) is 7.35. The molecule has 0 aromatic carbocycles. The Morgan fingerprint density at radius 3 is 2.54 bits per heavy atom. The van der Waals surface area contributed by atoms with E-state index in [-0.39, 0.29) is 5.17 Å². The largest absolute Gasteiger partial charge is 0.379 e. The second kappa shape index (κ2) is 8.73. The normalized spacial score (nSPS) is 9.69. The molecular weight excluding hydrogens is 227 g/mol. The molecule has 2 nitrogen and oxygen atoms in total. The molecule has 0 unspecified atom stereocenters. The molecule has 0 aliphatic rings. The van der Waals surface area contributed by atoms with Crippen molar-refractivity contribution < 1.29 is 0 Å². The van der Waals surface area contributed by atoms with E-state index in [0.29, 0.717) is 4.49 Å². The first-order chi connectivity index (χ1) is 6.13. The van der Waals surface area contributed by atoms with Gasteiger partial charge >= 0.3 is 0 Å². The molecule has 0 aliphatic heterocycles. The number of rotatable bonds is 6. The Kier molecular flexibility index (Phi) is 8.82. The van der Waals surface area contributed by atoms with E-state index < -0.39 is 0 Å². The van der Waals surface area contributed by atoms with E-state index in [0.717, 1.165) is 31.4 Å². The van der Waals surface area contributed by atoms with Gasteiger partial charge in [-0.15, -0.1) is 0 Å². The summed E-state index contributed by atoms with van der Waals surface area (Å²) >= 11 is 12.3. The summed E-state index contributed by atoms with van der Waals surface area (Å²) in [6, 6.07) is 0. The molecule has 0 radical (unpaired) electrons. The summed E-state index contributed by atoms with van der Waals surface area (Å²) in [4.78, 5) is 0. The Hall–Kier alpha value is 0.140. The first-order valence-electron chi connectivity index (χ1n) is 4.11. The number of halogens is 2. The Morgan fingerprint density at radius 1 is 1.31 bits per heavy atom. The second-order valence-corrected chi connectivity index (χ2v) is 4.70. The molecule has 0 amide bonds. The summed E-state index contributed by atoms with van der Waals surface area (Å²) in [5.41, 5.74) is 5.17. The zero-order valence-corrected chi connectivity index (χ0v) is 9.68. The number of amidine groups is 1. The van der Waals surface area contributed by atoms with Gasteiger partial charge < -0.3 is 5.73 Å². The summed E-state index contributed by atoms with van der Waals surface area (Å²) < 4.78 is 0.345. The van der Waals surface area contributed by atoms with Crippen LogP contribution in [-0.4, -0.2) is 10.9 Å². The number of thioether (sulfide) groups is 1. The van der Waals surface area contributed by atoms with Gasteiger partial charge in [-0.05, 0) is 19.3 Å². The second-order valence-electron chi connectivity index (χ2n) is 2.56. The van der Waals surface area contributed by atoms with E-state index in [1.165, 1.54) is 11.8 Å². The number of nitrogens with one attached hydrogen (secondary N) is 1. The summed E-state index contributed by atoms with van der Waals surface area (Å²) in [5, 5.41) is 7.16. The van der Waals surface area contributed by atoms with Crippen LogP contribution in [0.5, 0.6) is 0 Å². The van der Waals surface area contributed by atoms with Crippen molar-refractivity contribution in [1.82, 2.24) is 0 Å².